The number of aryl methyl sites for hydroxylation is 1. The van der Waals surface area contributed by atoms with Crippen LogP contribution in [0.15, 0.2) is 36.7 Å². The van der Waals surface area contributed by atoms with Crippen molar-refractivity contribution in [2.45, 2.75) is 116 Å². The topological polar surface area (TPSA) is 35.0 Å². The second-order valence-electron chi connectivity index (χ2n) is 9.36. The smallest absolute Gasteiger partial charge is 0.159 e. The number of benzene rings is 1. The number of hydrogen-bond donors (Lipinski definition) is 0. The van der Waals surface area contributed by atoms with Gasteiger partial charge in [-0.05, 0) is 61.9 Å². The van der Waals surface area contributed by atoms with Gasteiger partial charge in [-0.3, -0.25) is 0 Å². The maximum atomic E-state index is 13.9. The fraction of sp³-hybridized carbons (Fsp3) is 0.655. The van der Waals surface area contributed by atoms with Crippen LogP contribution < -0.4 is 4.74 Å². The highest BCUT2D eigenvalue weighted by Gasteiger charge is 2.12. The molecule has 1 aromatic carbocycles. The van der Waals surface area contributed by atoms with Crippen molar-refractivity contribution in [3.05, 3.63) is 42.2 Å². The zero-order valence-electron chi connectivity index (χ0n) is 21.3. The molecule has 34 heavy (non-hydrogen) atoms. The highest BCUT2D eigenvalue weighted by molar-refractivity contribution is 5.55. The summed E-state index contributed by atoms with van der Waals surface area (Å²) in [5.41, 5.74) is 2.11. The molecule has 190 valence electrons. The van der Waals surface area contributed by atoms with Gasteiger partial charge in [0.15, 0.2) is 5.82 Å². The van der Waals surface area contributed by atoms with E-state index in [1.807, 2.05) is 43.6 Å². The zero-order chi connectivity index (χ0) is 24.4. The van der Waals surface area contributed by atoms with E-state index in [1.54, 1.807) is 0 Å². The summed E-state index contributed by atoms with van der Waals surface area (Å²) < 4.78 is 33.1. The van der Waals surface area contributed by atoms with E-state index in [4.69, 9.17) is 4.74 Å². The van der Waals surface area contributed by atoms with Crippen LogP contribution in [0.4, 0.5) is 8.78 Å². The fourth-order valence-corrected chi connectivity index (χ4v) is 4.06. The second-order valence-corrected chi connectivity index (χ2v) is 9.36. The highest BCUT2D eigenvalue weighted by Crippen LogP contribution is 2.21. The Kier molecular flexibility index (Phi) is 14.4. The van der Waals surface area contributed by atoms with Crippen LogP contribution in [0.5, 0.6) is 5.75 Å². The molecule has 5 heteroatoms. The quantitative estimate of drug-likeness (QED) is 0.191. The lowest BCUT2D eigenvalue weighted by atomic mass is 10.1. The number of alkyl halides is 2. The molecular formula is C29H44F2N2O. The van der Waals surface area contributed by atoms with Gasteiger partial charge in [0.2, 0.25) is 0 Å². The largest absolute Gasteiger partial charge is 0.493 e. The van der Waals surface area contributed by atoms with Crippen molar-refractivity contribution in [1.82, 2.24) is 9.97 Å². The van der Waals surface area contributed by atoms with Gasteiger partial charge in [-0.2, -0.15) is 0 Å². The number of nitrogens with zero attached hydrogens (tertiary/aromatic N) is 2. The lowest BCUT2D eigenvalue weighted by Crippen LogP contribution is -2.10. The minimum atomic E-state index is -1.02. The lowest BCUT2D eigenvalue weighted by molar-refractivity contribution is 0.200. The average molecular weight is 475 g/mol. The van der Waals surface area contributed by atoms with Gasteiger partial charge in [0, 0.05) is 24.4 Å². The van der Waals surface area contributed by atoms with Crippen LogP contribution in [-0.4, -0.2) is 28.9 Å². The number of hydrogen-bond acceptors (Lipinski definition) is 3. The summed E-state index contributed by atoms with van der Waals surface area (Å²) in [5.74, 6) is 1.39. The molecule has 0 aliphatic heterocycles. The predicted molar refractivity (Wildman–Crippen MR) is 138 cm³/mol. The van der Waals surface area contributed by atoms with Gasteiger partial charge >= 0.3 is 0 Å². The third-order valence-corrected chi connectivity index (χ3v) is 6.23. The van der Waals surface area contributed by atoms with Gasteiger partial charge < -0.3 is 4.74 Å². The molecule has 3 nitrogen and oxygen atoms in total. The molecule has 2 aromatic rings. The molecule has 0 bridgehead atoms. The number of ether oxygens (including phenoxy) is 1. The minimum absolute atomic E-state index is 0.260. The van der Waals surface area contributed by atoms with Gasteiger partial charge in [-0.25, -0.2) is 18.7 Å². The Bertz CT molecular complexity index is 752. The van der Waals surface area contributed by atoms with Crippen molar-refractivity contribution in [2.75, 3.05) is 6.61 Å². The molecule has 2 rings (SSSR count). The Hall–Kier alpha value is -2.04. The summed E-state index contributed by atoms with van der Waals surface area (Å²) >= 11 is 0. The number of aromatic nitrogens is 2. The van der Waals surface area contributed by atoms with Crippen LogP contribution in [0.25, 0.3) is 11.4 Å². The first-order valence-electron chi connectivity index (χ1n) is 13.4. The summed E-state index contributed by atoms with van der Waals surface area (Å²) in [6.07, 6.45) is 15.7. The van der Waals surface area contributed by atoms with E-state index in [-0.39, 0.29) is 19.4 Å². The Labute approximate surface area is 205 Å². The Balaban J connectivity index is 1.65. The standard InChI is InChI=1S/C29H44F2N2O/c1-3-5-6-7-8-9-10-11-13-24-22-32-29(33-23-24)25-14-18-28(19-15-25)34-21-20-27(31)17-16-26(30)12-4-2/h14-15,18-19,22-23,26-27H,3-13,16-17,20-21H2,1-2H3. The van der Waals surface area contributed by atoms with Crippen LogP contribution in [0.1, 0.15) is 103 Å². The highest BCUT2D eigenvalue weighted by atomic mass is 19.1. The van der Waals surface area contributed by atoms with E-state index >= 15 is 0 Å². The van der Waals surface area contributed by atoms with E-state index in [0.29, 0.717) is 24.4 Å². The second kappa shape index (κ2) is 17.4. The van der Waals surface area contributed by atoms with Crippen molar-refractivity contribution in [3.8, 4) is 17.1 Å². The monoisotopic (exact) mass is 474 g/mol. The van der Waals surface area contributed by atoms with Crippen LogP contribution in [-0.2, 0) is 6.42 Å². The lowest BCUT2D eigenvalue weighted by Gasteiger charge is -2.12. The average Bonchev–Trinajstić information content (AvgIpc) is 2.85. The Morgan fingerprint density at radius 3 is 1.91 bits per heavy atom. The Morgan fingerprint density at radius 1 is 0.706 bits per heavy atom. The molecule has 0 N–H and O–H groups in total. The van der Waals surface area contributed by atoms with E-state index in [2.05, 4.69) is 16.9 Å². The molecule has 1 aromatic heterocycles. The van der Waals surface area contributed by atoms with E-state index in [0.717, 1.165) is 18.4 Å². The molecule has 0 fully saturated rings. The summed E-state index contributed by atoms with van der Waals surface area (Å²) in [6, 6.07) is 7.57. The van der Waals surface area contributed by atoms with Crippen molar-refractivity contribution in [3.63, 3.8) is 0 Å². The van der Waals surface area contributed by atoms with Gasteiger partial charge in [-0.1, -0.05) is 65.2 Å². The normalized spacial score (nSPS) is 13.1. The van der Waals surface area contributed by atoms with Gasteiger partial charge in [0.1, 0.15) is 18.1 Å². The summed E-state index contributed by atoms with van der Waals surface area (Å²) in [4.78, 5) is 9.06. The number of halogens is 2. The van der Waals surface area contributed by atoms with Crippen LogP contribution in [0.3, 0.4) is 0 Å². The van der Waals surface area contributed by atoms with Crippen molar-refractivity contribution in [1.29, 1.82) is 0 Å². The van der Waals surface area contributed by atoms with E-state index in [9.17, 15) is 8.78 Å². The summed E-state index contributed by atoms with van der Waals surface area (Å²) in [6.45, 7) is 4.48. The molecule has 0 saturated heterocycles. The molecule has 0 radical (unpaired) electrons. The molecular weight excluding hydrogens is 430 g/mol. The maximum absolute atomic E-state index is 13.9. The first-order chi connectivity index (χ1) is 16.6. The summed E-state index contributed by atoms with van der Waals surface area (Å²) in [7, 11) is 0. The predicted octanol–water partition coefficient (Wildman–Crippen LogP) is 8.85. The van der Waals surface area contributed by atoms with Gasteiger partial charge in [-0.15, -0.1) is 0 Å². The van der Waals surface area contributed by atoms with Crippen molar-refractivity contribution < 1.29 is 13.5 Å². The molecule has 1 heterocycles. The van der Waals surface area contributed by atoms with Crippen LogP contribution in [0.2, 0.25) is 0 Å². The molecule has 0 spiro atoms. The third-order valence-electron chi connectivity index (χ3n) is 6.23. The van der Waals surface area contributed by atoms with Crippen molar-refractivity contribution >= 4 is 0 Å². The first kappa shape index (κ1) is 28.2. The van der Waals surface area contributed by atoms with Crippen LogP contribution >= 0.6 is 0 Å². The molecule has 0 amide bonds. The zero-order valence-corrected chi connectivity index (χ0v) is 21.3. The van der Waals surface area contributed by atoms with E-state index in [1.165, 1.54) is 56.9 Å². The number of unbranched alkanes of at least 4 members (excludes halogenated alkanes) is 7. The van der Waals surface area contributed by atoms with E-state index < -0.39 is 12.3 Å². The van der Waals surface area contributed by atoms with Gasteiger partial charge in [0.25, 0.3) is 0 Å². The molecule has 0 saturated carbocycles. The maximum Gasteiger partial charge on any atom is 0.159 e. The number of rotatable bonds is 19. The SMILES string of the molecule is CCCCCCCCCCc1cnc(-c2ccc(OCCC(F)CCC(F)CCC)cc2)nc1. The van der Waals surface area contributed by atoms with Crippen molar-refractivity contribution in [2.24, 2.45) is 0 Å². The van der Waals surface area contributed by atoms with Crippen LogP contribution in [0, 0.1) is 0 Å². The molecule has 2 atom stereocenters. The third kappa shape index (κ3) is 11.9. The first-order valence-corrected chi connectivity index (χ1v) is 13.4. The molecule has 2 unspecified atom stereocenters. The van der Waals surface area contributed by atoms with Gasteiger partial charge in [0.05, 0.1) is 6.61 Å². The fourth-order valence-electron chi connectivity index (χ4n) is 4.06. The molecule has 0 aliphatic rings. The molecule has 0 aliphatic carbocycles. The summed E-state index contributed by atoms with van der Waals surface area (Å²) in [5, 5.41) is 0. The Morgan fingerprint density at radius 2 is 1.29 bits per heavy atom. The minimum Gasteiger partial charge on any atom is -0.493 e.